The van der Waals surface area contributed by atoms with Crippen molar-refractivity contribution in [2.75, 3.05) is 64.4 Å². The number of unbranched alkanes of at least 4 members (excludes halogenated alkanes) is 1. The fourth-order valence-electron chi connectivity index (χ4n) is 2.98. The molecule has 0 aliphatic carbocycles. The minimum Gasteiger partial charge on any atom is -0.357 e. The number of rotatable bonds is 11. The third-order valence-electron chi connectivity index (χ3n) is 4.71. The monoisotopic (exact) mass is 517 g/mol. The van der Waals surface area contributed by atoms with E-state index in [0.717, 1.165) is 38.6 Å². The lowest BCUT2D eigenvalue weighted by atomic mass is 10.2. The van der Waals surface area contributed by atoms with E-state index in [-0.39, 0.29) is 35.8 Å². The van der Waals surface area contributed by atoms with Gasteiger partial charge in [-0.2, -0.15) is 0 Å². The van der Waals surface area contributed by atoms with E-state index in [4.69, 9.17) is 0 Å². The first kappa shape index (κ1) is 26.9. The molecule has 2 N–H and O–H groups in total. The molecular formula is C18H40IN5O2S. The predicted octanol–water partition coefficient (Wildman–Crippen LogP) is 1.40. The van der Waals surface area contributed by atoms with E-state index in [0.29, 0.717) is 6.42 Å². The van der Waals surface area contributed by atoms with Gasteiger partial charge >= 0.3 is 0 Å². The molecule has 0 bridgehead atoms. The minimum absolute atomic E-state index is 0. The smallest absolute Gasteiger partial charge is 0.191 e. The summed E-state index contributed by atoms with van der Waals surface area (Å²) in [5.41, 5.74) is 0. The third-order valence-corrected chi connectivity index (χ3v) is 5.69. The van der Waals surface area contributed by atoms with Gasteiger partial charge in [0.15, 0.2) is 5.96 Å². The van der Waals surface area contributed by atoms with Gasteiger partial charge in [-0.3, -0.25) is 4.99 Å². The van der Waals surface area contributed by atoms with Crippen LogP contribution >= 0.6 is 24.0 Å². The molecule has 1 rings (SSSR count). The van der Waals surface area contributed by atoms with E-state index >= 15 is 0 Å². The lowest BCUT2D eigenvalue weighted by Crippen LogP contribution is -2.46. The average molecular weight is 518 g/mol. The van der Waals surface area contributed by atoms with Crippen LogP contribution in [0.1, 0.15) is 40.0 Å². The normalized spacial score (nSPS) is 18.0. The van der Waals surface area contributed by atoms with Crippen LogP contribution in [0.4, 0.5) is 0 Å². The molecule has 1 heterocycles. The average Bonchev–Trinajstić information content (AvgIpc) is 2.60. The predicted molar refractivity (Wildman–Crippen MR) is 126 cm³/mol. The van der Waals surface area contributed by atoms with E-state index in [1.54, 1.807) is 0 Å². The Balaban J connectivity index is 0.00000676. The molecular weight excluding hydrogens is 477 g/mol. The maximum Gasteiger partial charge on any atom is 0.191 e. The SMILES string of the molecule is CCNC(=NCCCCN1CCN(CC)CC1)NC(C)CCS(C)(=O)=O.I. The van der Waals surface area contributed by atoms with E-state index in [9.17, 15) is 8.42 Å². The van der Waals surface area contributed by atoms with Crippen molar-refractivity contribution in [2.24, 2.45) is 4.99 Å². The maximum absolute atomic E-state index is 11.3. The molecule has 1 saturated heterocycles. The highest BCUT2D eigenvalue weighted by Crippen LogP contribution is 2.03. The number of hydrogen-bond acceptors (Lipinski definition) is 5. The van der Waals surface area contributed by atoms with Crippen molar-refractivity contribution in [3.05, 3.63) is 0 Å². The molecule has 7 nitrogen and oxygen atoms in total. The molecule has 0 spiro atoms. The number of piperazine rings is 1. The second-order valence-corrected chi connectivity index (χ2v) is 9.47. The third kappa shape index (κ3) is 13.6. The molecule has 1 aliphatic heterocycles. The van der Waals surface area contributed by atoms with Gasteiger partial charge in [-0.15, -0.1) is 24.0 Å². The Bertz CT molecular complexity index is 508. The highest BCUT2D eigenvalue weighted by atomic mass is 127. The zero-order valence-electron chi connectivity index (χ0n) is 17.5. The summed E-state index contributed by atoms with van der Waals surface area (Å²) in [6, 6.07) is 0.0809. The van der Waals surface area contributed by atoms with E-state index < -0.39 is 9.84 Å². The molecule has 0 saturated carbocycles. The van der Waals surface area contributed by atoms with Crippen LogP contribution in [-0.4, -0.2) is 94.6 Å². The van der Waals surface area contributed by atoms with Gasteiger partial charge < -0.3 is 20.4 Å². The van der Waals surface area contributed by atoms with Crippen molar-refractivity contribution < 1.29 is 8.42 Å². The van der Waals surface area contributed by atoms with Gasteiger partial charge in [-0.25, -0.2) is 8.42 Å². The molecule has 0 aromatic carbocycles. The number of sulfone groups is 1. The molecule has 0 radical (unpaired) electrons. The fourth-order valence-corrected chi connectivity index (χ4v) is 3.77. The maximum atomic E-state index is 11.3. The summed E-state index contributed by atoms with van der Waals surface area (Å²) < 4.78 is 22.6. The van der Waals surface area contributed by atoms with E-state index in [1.165, 1.54) is 38.9 Å². The van der Waals surface area contributed by atoms with Crippen molar-refractivity contribution in [3.63, 3.8) is 0 Å². The topological polar surface area (TPSA) is 77.0 Å². The second-order valence-electron chi connectivity index (χ2n) is 7.21. The lowest BCUT2D eigenvalue weighted by Gasteiger charge is -2.33. The number of nitrogens with zero attached hydrogens (tertiary/aromatic N) is 3. The first-order valence-electron chi connectivity index (χ1n) is 10.0. The van der Waals surface area contributed by atoms with Gasteiger partial charge in [0.1, 0.15) is 9.84 Å². The van der Waals surface area contributed by atoms with Crippen LogP contribution in [0, 0.1) is 0 Å². The number of hydrogen-bond donors (Lipinski definition) is 2. The summed E-state index contributed by atoms with van der Waals surface area (Å²) in [6.07, 6.45) is 4.11. The Morgan fingerprint density at radius 2 is 1.74 bits per heavy atom. The Morgan fingerprint density at radius 1 is 1.11 bits per heavy atom. The van der Waals surface area contributed by atoms with Crippen molar-refractivity contribution in [2.45, 2.75) is 46.1 Å². The first-order chi connectivity index (χ1) is 12.3. The first-order valence-corrected chi connectivity index (χ1v) is 12.1. The lowest BCUT2D eigenvalue weighted by molar-refractivity contribution is 0.136. The Hall–Kier alpha value is -0.130. The van der Waals surface area contributed by atoms with Crippen LogP contribution < -0.4 is 10.6 Å². The quantitative estimate of drug-likeness (QED) is 0.187. The molecule has 1 aliphatic rings. The second kappa shape index (κ2) is 14.8. The Kier molecular flexibility index (Phi) is 14.7. The van der Waals surface area contributed by atoms with Gasteiger partial charge in [0.2, 0.25) is 0 Å². The molecule has 0 aromatic rings. The van der Waals surface area contributed by atoms with Gasteiger partial charge in [0.05, 0.1) is 5.75 Å². The fraction of sp³-hybridized carbons (Fsp3) is 0.944. The number of nitrogens with one attached hydrogen (secondary N) is 2. The van der Waals surface area contributed by atoms with Crippen LogP contribution in [-0.2, 0) is 9.84 Å². The van der Waals surface area contributed by atoms with E-state index in [1.807, 2.05) is 13.8 Å². The van der Waals surface area contributed by atoms with Crippen molar-refractivity contribution in [1.82, 2.24) is 20.4 Å². The standard InChI is InChI=1S/C18H39N5O2S.HI/c1-5-19-18(21-17(3)9-16-26(4,24)25)20-10-7-8-11-23-14-12-22(6-2)13-15-23;/h17H,5-16H2,1-4H3,(H2,19,20,21);1H. The minimum atomic E-state index is -2.92. The Morgan fingerprint density at radius 3 is 2.30 bits per heavy atom. The van der Waals surface area contributed by atoms with Crippen molar-refractivity contribution >= 4 is 39.8 Å². The van der Waals surface area contributed by atoms with Gasteiger partial charge in [0, 0.05) is 51.6 Å². The summed E-state index contributed by atoms with van der Waals surface area (Å²) in [5.74, 6) is 0.983. The van der Waals surface area contributed by atoms with Crippen LogP contribution in [0.3, 0.4) is 0 Å². The van der Waals surface area contributed by atoms with Gasteiger partial charge in [-0.1, -0.05) is 6.92 Å². The molecule has 1 unspecified atom stereocenters. The van der Waals surface area contributed by atoms with Crippen molar-refractivity contribution in [1.29, 1.82) is 0 Å². The van der Waals surface area contributed by atoms with Crippen LogP contribution in [0.25, 0.3) is 0 Å². The molecule has 1 fully saturated rings. The molecule has 162 valence electrons. The van der Waals surface area contributed by atoms with Gasteiger partial charge in [0.25, 0.3) is 0 Å². The molecule has 1 atom stereocenters. The highest BCUT2D eigenvalue weighted by Gasteiger charge is 2.14. The molecule has 0 amide bonds. The van der Waals surface area contributed by atoms with E-state index in [2.05, 4.69) is 32.3 Å². The number of guanidine groups is 1. The molecule has 27 heavy (non-hydrogen) atoms. The number of aliphatic imine (C=N–C) groups is 1. The Labute approximate surface area is 183 Å². The summed E-state index contributed by atoms with van der Waals surface area (Å²) in [5, 5.41) is 6.54. The summed E-state index contributed by atoms with van der Waals surface area (Å²) in [7, 11) is -2.92. The highest BCUT2D eigenvalue weighted by molar-refractivity contribution is 14.0. The van der Waals surface area contributed by atoms with Crippen LogP contribution in [0.2, 0.25) is 0 Å². The summed E-state index contributed by atoms with van der Waals surface area (Å²) >= 11 is 0. The summed E-state index contributed by atoms with van der Waals surface area (Å²) in [4.78, 5) is 9.67. The van der Waals surface area contributed by atoms with Crippen molar-refractivity contribution in [3.8, 4) is 0 Å². The zero-order chi connectivity index (χ0) is 19.4. The van der Waals surface area contributed by atoms with Crippen LogP contribution in [0.5, 0.6) is 0 Å². The molecule has 0 aromatic heterocycles. The number of halogens is 1. The largest absolute Gasteiger partial charge is 0.357 e. The van der Waals surface area contributed by atoms with Crippen LogP contribution in [0.15, 0.2) is 4.99 Å². The van der Waals surface area contributed by atoms with Gasteiger partial charge in [-0.05, 0) is 46.2 Å². The number of likely N-dealkylation sites (N-methyl/N-ethyl adjacent to an activating group) is 1. The summed E-state index contributed by atoms with van der Waals surface area (Å²) in [6.45, 7) is 14.9. The zero-order valence-corrected chi connectivity index (χ0v) is 20.7. The molecule has 9 heteroatoms.